The maximum absolute atomic E-state index is 12.5. The summed E-state index contributed by atoms with van der Waals surface area (Å²) >= 11 is 5.86. The lowest BCUT2D eigenvalue weighted by Crippen LogP contribution is -2.36. The summed E-state index contributed by atoms with van der Waals surface area (Å²) in [5.74, 6) is -1.50. The molecule has 3 rings (SSSR count). The van der Waals surface area contributed by atoms with Gasteiger partial charge in [0.25, 0.3) is 0 Å². The van der Waals surface area contributed by atoms with E-state index >= 15 is 0 Å². The van der Waals surface area contributed by atoms with E-state index in [4.69, 9.17) is 16.3 Å². The Labute approximate surface area is 163 Å². The van der Waals surface area contributed by atoms with Crippen molar-refractivity contribution >= 4 is 29.2 Å². The van der Waals surface area contributed by atoms with Gasteiger partial charge in [0.2, 0.25) is 5.91 Å². The Morgan fingerprint density at radius 2 is 1.63 bits per heavy atom. The maximum Gasteiger partial charge on any atom is 0.307 e. The first-order valence-electron chi connectivity index (χ1n) is 9.04. The number of carboxylic acid groups (broad SMARTS) is 1. The Bertz CT molecular complexity index is 789. The molecule has 1 aliphatic rings. The van der Waals surface area contributed by atoms with E-state index in [1.165, 1.54) is 0 Å². The molecule has 27 heavy (non-hydrogen) atoms. The van der Waals surface area contributed by atoms with Gasteiger partial charge in [-0.15, -0.1) is 0 Å². The normalized spacial score (nSPS) is 19.3. The molecule has 1 aliphatic carbocycles. The van der Waals surface area contributed by atoms with Crippen molar-refractivity contribution in [2.75, 3.05) is 5.32 Å². The molecule has 0 spiro atoms. The van der Waals surface area contributed by atoms with Crippen LogP contribution < -0.4 is 10.1 Å². The van der Waals surface area contributed by atoms with Crippen molar-refractivity contribution in [3.8, 4) is 5.75 Å². The highest BCUT2D eigenvalue weighted by Crippen LogP contribution is 2.31. The number of hydrogen-bond acceptors (Lipinski definition) is 3. The van der Waals surface area contributed by atoms with Gasteiger partial charge < -0.3 is 15.2 Å². The van der Waals surface area contributed by atoms with Crippen LogP contribution in [0.1, 0.15) is 31.2 Å². The fourth-order valence-electron chi connectivity index (χ4n) is 3.36. The summed E-state index contributed by atoms with van der Waals surface area (Å²) < 4.78 is 5.72. The molecular formula is C21H22ClNO4. The highest BCUT2D eigenvalue weighted by molar-refractivity contribution is 6.30. The summed E-state index contributed by atoms with van der Waals surface area (Å²) in [7, 11) is 0. The molecule has 5 nitrogen and oxygen atoms in total. The summed E-state index contributed by atoms with van der Waals surface area (Å²) in [5.41, 5.74) is 1.64. The Morgan fingerprint density at radius 3 is 2.26 bits per heavy atom. The molecule has 1 fully saturated rings. The monoisotopic (exact) mass is 387 g/mol. The fraction of sp³-hybridized carbons (Fsp3) is 0.333. The number of carboxylic acids is 1. The van der Waals surface area contributed by atoms with Crippen LogP contribution in [0.25, 0.3) is 0 Å². The van der Waals surface area contributed by atoms with Crippen LogP contribution in [0.5, 0.6) is 5.75 Å². The third-order valence-electron chi connectivity index (χ3n) is 4.86. The molecule has 2 unspecified atom stereocenters. The van der Waals surface area contributed by atoms with Crippen LogP contribution in [0.4, 0.5) is 5.69 Å². The van der Waals surface area contributed by atoms with E-state index in [1.807, 2.05) is 24.3 Å². The van der Waals surface area contributed by atoms with Crippen molar-refractivity contribution in [1.29, 1.82) is 0 Å². The molecule has 0 heterocycles. The van der Waals surface area contributed by atoms with E-state index in [9.17, 15) is 14.7 Å². The van der Waals surface area contributed by atoms with Crippen LogP contribution in [-0.4, -0.2) is 17.0 Å². The van der Waals surface area contributed by atoms with Crippen LogP contribution in [0, 0.1) is 11.8 Å². The number of amides is 1. The van der Waals surface area contributed by atoms with E-state index in [2.05, 4.69) is 5.32 Å². The van der Waals surface area contributed by atoms with Crippen LogP contribution in [0.3, 0.4) is 0 Å². The topological polar surface area (TPSA) is 75.6 Å². The number of carbonyl (C=O) groups excluding carboxylic acids is 1. The van der Waals surface area contributed by atoms with Gasteiger partial charge in [-0.3, -0.25) is 9.59 Å². The number of rotatable bonds is 6. The second-order valence-electron chi connectivity index (χ2n) is 6.76. The molecule has 6 heteroatoms. The number of ether oxygens (including phenoxy) is 1. The van der Waals surface area contributed by atoms with E-state index in [0.29, 0.717) is 35.9 Å². The minimum Gasteiger partial charge on any atom is -0.489 e. The predicted molar refractivity (Wildman–Crippen MR) is 104 cm³/mol. The van der Waals surface area contributed by atoms with Crippen molar-refractivity contribution in [1.82, 2.24) is 0 Å². The smallest absolute Gasteiger partial charge is 0.307 e. The summed E-state index contributed by atoms with van der Waals surface area (Å²) in [5, 5.41) is 12.8. The third-order valence-corrected chi connectivity index (χ3v) is 5.11. The molecule has 0 bridgehead atoms. The zero-order valence-electron chi connectivity index (χ0n) is 14.9. The second-order valence-corrected chi connectivity index (χ2v) is 7.20. The van der Waals surface area contributed by atoms with Gasteiger partial charge in [0.1, 0.15) is 12.4 Å². The van der Waals surface area contributed by atoms with E-state index in [-0.39, 0.29) is 5.91 Å². The molecule has 1 saturated carbocycles. The largest absolute Gasteiger partial charge is 0.489 e. The Balaban J connectivity index is 1.56. The van der Waals surface area contributed by atoms with Crippen LogP contribution in [0.2, 0.25) is 5.02 Å². The molecule has 0 aromatic heterocycles. The van der Waals surface area contributed by atoms with E-state index in [0.717, 1.165) is 18.4 Å². The predicted octanol–water partition coefficient (Wildman–Crippen LogP) is 4.75. The molecule has 1 amide bonds. The summed E-state index contributed by atoms with van der Waals surface area (Å²) in [4.78, 5) is 23.9. The molecule has 2 atom stereocenters. The first-order chi connectivity index (χ1) is 13.0. The van der Waals surface area contributed by atoms with Crippen molar-refractivity contribution in [3.63, 3.8) is 0 Å². The molecule has 142 valence electrons. The minimum atomic E-state index is -0.888. The van der Waals surface area contributed by atoms with Gasteiger partial charge >= 0.3 is 5.97 Å². The summed E-state index contributed by atoms with van der Waals surface area (Å²) in [6.45, 7) is 0.422. The van der Waals surface area contributed by atoms with Crippen molar-refractivity contribution < 1.29 is 19.4 Å². The van der Waals surface area contributed by atoms with E-state index < -0.39 is 17.8 Å². The van der Waals surface area contributed by atoms with Crippen molar-refractivity contribution in [3.05, 3.63) is 59.1 Å². The van der Waals surface area contributed by atoms with Gasteiger partial charge in [0, 0.05) is 10.7 Å². The average molecular weight is 388 g/mol. The lowest BCUT2D eigenvalue weighted by molar-refractivity contribution is -0.147. The minimum absolute atomic E-state index is 0.225. The quantitative estimate of drug-likeness (QED) is 0.750. The number of benzene rings is 2. The van der Waals surface area contributed by atoms with Gasteiger partial charge in [-0.25, -0.2) is 0 Å². The molecule has 2 N–H and O–H groups in total. The average Bonchev–Trinajstić information content (AvgIpc) is 2.68. The number of carbonyl (C=O) groups is 2. The first-order valence-corrected chi connectivity index (χ1v) is 9.42. The maximum atomic E-state index is 12.5. The first kappa shape index (κ1) is 19.2. The molecular weight excluding hydrogens is 366 g/mol. The highest BCUT2D eigenvalue weighted by atomic mass is 35.5. The number of halogens is 1. The summed E-state index contributed by atoms with van der Waals surface area (Å²) in [6, 6.07) is 14.5. The van der Waals surface area contributed by atoms with Gasteiger partial charge in [0.05, 0.1) is 11.8 Å². The molecule has 2 aromatic rings. The second kappa shape index (κ2) is 8.91. The zero-order valence-corrected chi connectivity index (χ0v) is 15.6. The molecule has 2 aromatic carbocycles. The third kappa shape index (κ3) is 5.23. The zero-order chi connectivity index (χ0) is 19.2. The summed E-state index contributed by atoms with van der Waals surface area (Å²) in [6.07, 6.45) is 2.93. The number of nitrogens with one attached hydrogen (secondary N) is 1. The molecule has 0 saturated heterocycles. The Kier molecular flexibility index (Phi) is 6.35. The number of hydrogen-bond donors (Lipinski definition) is 2. The van der Waals surface area contributed by atoms with Gasteiger partial charge in [-0.05, 0) is 54.8 Å². The van der Waals surface area contributed by atoms with Crippen LogP contribution in [0.15, 0.2) is 48.5 Å². The van der Waals surface area contributed by atoms with E-state index in [1.54, 1.807) is 24.3 Å². The van der Waals surface area contributed by atoms with Gasteiger partial charge in [-0.2, -0.15) is 0 Å². The van der Waals surface area contributed by atoms with Crippen LogP contribution in [-0.2, 0) is 16.2 Å². The van der Waals surface area contributed by atoms with Crippen molar-refractivity contribution in [2.24, 2.45) is 11.8 Å². The lowest BCUT2D eigenvalue weighted by Gasteiger charge is -2.27. The standard InChI is InChI=1S/C21H22ClNO4/c22-15-7-5-14(6-8-15)13-27-17-11-9-16(10-12-17)23-20(24)18-3-1-2-4-19(18)21(25)26/h5-12,18-19H,1-4,13H2,(H,23,24)(H,25,26). The Hall–Kier alpha value is -2.53. The number of anilines is 1. The van der Waals surface area contributed by atoms with Gasteiger partial charge in [-0.1, -0.05) is 36.6 Å². The van der Waals surface area contributed by atoms with Crippen molar-refractivity contribution in [2.45, 2.75) is 32.3 Å². The Morgan fingerprint density at radius 1 is 1.00 bits per heavy atom. The van der Waals surface area contributed by atoms with Crippen LogP contribution >= 0.6 is 11.6 Å². The highest BCUT2D eigenvalue weighted by Gasteiger charge is 2.35. The molecule has 0 aliphatic heterocycles. The number of aliphatic carboxylic acids is 1. The fourth-order valence-corrected chi connectivity index (χ4v) is 3.48. The van der Waals surface area contributed by atoms with Gasteiger partial charge in [0.15, 0.2) is 0 Å². The molecule has 0 radical (unpaired) electrons. The SMILES string of the molecule is O=C(O)C1CCCCC1C(=O)Nc1ccc(OCc2ccc(Cl)cc2)cc1. The lowest BCUT2D eigenvalue weighted by atomic mass is 9.78.